The number of nitro groups is 1. The second kappa shape index (κ2) is 10.5. The lowest BCUT2D eigenvalue weighted by molar-refractivity contribution is -0.385. The third kappa shape index (κ3) is 7.58. The standard InChI is InChI=1S/C18H25NO4/c1-3-4-5-6-7-8-9-17-11-10-16(12-13-23-15(2)20)14-18(17)19(21)22/h8-11,14H,3-7,12-13H2,1-2H3/b9-8+. The first-order chi connectivity index (χ1) is 11.0. The Morgan fingerprint density at radius 3 is 2.74 bits per heavy atom. The fourth-order valence-electron chi connectivity index (χ4n) is 2.26. The van der Waals surface area contributed by atoms with Gasteiger partial charge in [-0.05, 0) is 24.5 Å². The molecule has 0 heterocycles. The van der Waals surface area contributed by atoms with Crippen molar-refractivity contribution in [3.63, 3.8) is 0 Å². The van der Waals surface area contributed by atoms with E-state index in [4.69, 9.17) is 4.74 Å². The summed E-state index contributed by atoms with van der Waals surface area (Å²) < 4.78 is 4.87. The van der Waals surface area contributed by atoms with Crippen LogP contribution in [0.2, 0.25) is 0 Å². The largest absolute Gasteiger partial charge is 0.466 e. The molecular weight excluding hydrogens is 294 g/mol. The minimum atomic E-state index is -0.369. The fraction of sp³-hybridized carbons (Fsp3) is 0.500. The van der Waals surface area contributed by atoms with Gasteiger partial charge in [0.25, 0.3) is 5.69 Å². The van der Waals surface area contributed by atoms with Crippen molar-refractivity contribution in [2.24, 2.45) is 0 Å². The predicted octanol–water partition coefficient (Wildman–Crippen LogP) is 4.68. The molecular formula is C18H25NO4. The van der Waals surface area contributed by atoms with Gasteiger partial charge in [0.1, 0.15) is 0 Å². The third-order valence-electron chi connectivity index (χ3n) is 3.51. The molecule has 0 N–H and O–H groups in total. The second-order valence-corrected chi connectivity index (χ2v) is 5.49. The molecule has 5 nitrogen and oxygen atoms in total. The molecule has 0 atom stereocenters. The first kappa shape index (κ1) is 18.9. The van der Waals surface area contributed by atoms with E-state index in [-0.39, 0.29) is 23.2 Å². The first-order valence-electron chi connectivity index (χ1n) is 8.11. The number of allylic oxidation sites excluding steroid dienone is 1. The fourth-order valence-corrected chi connectivity index (χ4v) is 2.26. The highest BCUT2D eigenvalue weighted by Gasteiger charge is 2.12. The zero-order valence-corrected chi connectivity index (χ0v) is 13.9. The number of nitro benzene ring substituents is 1. The van der Waals surface area contributed by atoms with Crippen LogP contribution in [-0.2, 0) is 16.0 Å². The summed E-state index contributed by atoms with van der Waals surface area (Å²) in [4.78, 5) is 21.6. The minimum Gasteiger partial charge on any atom is -0.466 e. The Hall–Kier alpha value is -2.17. The van der Waals surface area contributed by atoms with Gasteiger partial charge in [0.15, 0.2) is 0 Å². The second-order valence-electron chi connectivity index (χ2n) is 5.49. The van der Waals surface area contributed by atoms with E-state index in [9.17, 15) is 14.9 Å². The Morgan fingerprint density at radius 2 is 2.09 bits per heavy atom. The van der Waals surface area contributed by atoms with E-state index in [1.165, 1.54) is 26.2 Å². The summed E-state index contributed by atoms with van der Waals surface area (Å²) in [5, 5.41) is 11.2. The number of carbonyl (C=O) groups excluding carboxylic acids is 1. The quantitative estimate of drug-likeness (QED) is 0.272. The van der Waals surface area contributed by atoms with Crippen molar-refractivity contribution in [3.05, 3.63) is 45.5 Å². The van der Waals surface area contributed by atoms with E-state index in [1.54, 1.807) is 12.1 Å². The van der Waals surface area contributed by atoms with E-state index in [1.807, 2.05) is 18.2 Å². The molecule has 0 fully saturated rings. The van der Waals surface area contributed by atoms with Gasteiger partial charge in [0.2, 0.25) is 0 Å². The number of hydrogen-bond acceptors (Lipinski definition) is 4. The molecule has 0 aliphatic rings. The van der Waals surface area contributed by atoms with Crippen LogP contribution >= 0.6 is 0 Å². The summed E-state index contributed by atoms with van der Waals surface area (Å²) in [6, 6.07) is 5.15. The van der Waals surface area contributed by atoms with E-state index >= 15 is 0 Å². The molecule has 126 valence electrons. The summed E-state index contributed by atoms with van der Waals surface area (Å²) in [5.41, 5.74) is 1.50. The van der Waals surface area contributed by atoms with Crippen LogP contribution in [0.4, 0.5) is 5.69 Å². The number of hydrogen-bond donors (Lipinski definition) is 0. The van der Waals surface area contributed by atoms with Crippen molar-refractivity contribution >= 4 is 17.7 Å². The molecule has 5 heteroatoms. The molecule has 1 aromatic rings. The van der Waals surface area contributed by atoms with Gasteiger partial charge in [-0.1, -0.05) is 44.4 Å². The van der Waals surface area contributed by atoms with Gasteiger partial charge in [-0.3, -0.25) is 14.9 Å². The molecule has 0 aromatic heterocycles. The first-order valence-corrected chi connectivity index (χ1v) is 8.11. The zero-order valence-electron chi connectivity index (χ0n) is 13.9. The Morgan fingerprint density at radius 1 is 1.30 bits per heavy atom. The number of unbranched alkanes of at least 4 members (excludes halogenated alkanes) is 4. The van der Waals surface area contributed by atoms with Crippen LogP contribution in [0.1, 0.15) is 57.1 Å². The number of carbonyl (C=O) groups is 1. The smallest absolute Gasteiger partial charge is 0.302 e. The molecule has 1 aromatic carbocycles. The molecule has 0 radical (unpaired) electrons. The van der Waals surface area contributed by atoms with Crippen molar-refractivity contribution in [1.29, 1.82) is 0 Å². The molecule has 0 unspecified atom stereocenters. The Kier molecular flexibility index (Phi) is 8.65. The summed E-state index contributed by atoms with van der Waals surface area (Å²) in [6.07, 6.45) is 9.95. The zero-order chi connectivity index (χ0) is 17.1. The van der Waals surface area contributed by atoms with Gasteiger partial charge in [-0.2, -0.15) is 0 Å². The Balaban J connectivity index is 2.66. The van der Waals surface area contributed by atoms with Crippen LogP contribution in [0, 0.1) is 10.1 Å². The summed E-state index contributed by atoms with van der Waals surface area (Å²) in [5.74, 6) is -0.345. The average molecular weight is 319 g/mol. The SMILES string of the molecule is CCCCCC/C=C/c1ccc(CCOC(C)=O)cc1[N+](=O)[O-]. The van der Waals surface area contributed by atoms with E-state index in [2.05, 4.69) is 6.92 Å². The molecule has 0 bridgehead atoms. The van der Waals surface area contributed by atoms with Gasteiger partial charge in [0.05, 0.1) is 17.1 Å². The lowest BCUT2D eigenvalue weighted by Crippen LogP contribution is -2.03. The van der Waals surface area contributed by atoms with Crippen LogP contribution in [-0.4, -0.2) is 17.5 Å². The summed E-state index contributed by atoms with van der Waals surface area (Å²) in [6.45, 7) is 3.75. The maximum absolute atomic E-state index is 11.2. The van der Waals surface area contributed by atoms with Crippen molar-refractivity contribution in [2.45, 2.75) is 52.4 Å². The van der Waals surface area contributed by atoms with Crippen molar-refractivity contribution < 1.29 is 14.5 Å². The van der Waals surface area contributed by atoms with Gasteiger partial charge >= 0.3 is 5.97 Å². The monoisotopic (exact) mass is 319 g/mol. The minimum absolute atomic E-state index is 0.0927. The lowest BCUT2D eigenvalue weighted by atomic mass is 10.1. The molecule has 0 saturated heterocycles. The van der Waals surface area contributed by atoms with Crippen molar-refractivity contribution in [1.82, 2.24) is 0 Å². The molecule has 0 spiro atoms. The molecule has 0 saturated carbocycles. The van der Waals surface area contributed by atoms with E-state index < -0.39 is 0 Å². The third-order valence-corrected chi connectivity index (χ3v) is 3.51. The highest BCUT2D eigenvalue weighted by Crippen LogP contribution is 2.22. The Labute approximate surface area is 137 Å². The number of benzene rings is 1. The average Bonchev–Trinajstić information content (AvgIpc) is 2.51. The van der Waals surface area contributed by atoms with Gasteiger partial charge < -0.3 is 4.74 Å². The normalized spacial score (nSPS) is 10.9. The lowest BCUT2D eigenvalue weighted by Gasteiger charge is -2.04. The molecule has 0 amide bonds. The predicted molar refractivity (Wildman–Crippen MR) is 91.2 cm³/mol. The van der Waals surface area contributed by atoms with Crippen LogP contribution in [0.25, 0.3) is 6.08 Å². The highest BCUT2D eigenvalue weighted by molar-refractivity contribution is 5.66. The van der Waals surface area contributed by atoms with Crippen LogP contribution < -0.4 is 0 Å². The van der Waals surface area contributed by atoms with Crippen molar-refractivity contribution in [3.8, 4) is 0 Å². The number of rotatable bonds is 10. The van der Waals surface area contributed by atoms with Crippen molar-refractivity contribution in [2.75, 3.05) is 6.61 Å². The molecule has 1 rings (SSSR count). The number of nitrogens with zero attached hydrogens (tertiary/aromatic N) is 1. The number of ether oxygens (including phenoxy) is 1. The maximum atomic E-state index is 11.2. The van der Waals surface area contributed by atoms with Crippen LogP contribution in [0.15, 0.2) is 24.3 Å². The maximum Gasteiger partial charge on any atom is 0.302 e. The summed E-state index contributed by atoms with van der Waals surface area (Å²) in [7, 11) is 0. The number of esters is 1. The Bertz CT molecular complexity index is 552. The van der Waals surface area contributed by atoms with Crippen LogP contribution in [0.5, 0.6) is 0 Å². The molecule has 0 aliphatic heterocycles. The van der Waals surface area contributed by atoms with Gasteiger partial charge in [-0.15, -0.1) is 0 Å². The van der Waals surface area contributed by atoms with Gasteiger partial charge in [-0.25, -0.2) is 0 Å². The molecule has 0 aliphatic carbocycles. The van der Waals surface area contributed by atoms with E-state index in [0.29, 0.717) is 12.0 Å². The topological polar surface area (TPSA) is 69.4 Å². The summed E-state index contributed by atoms with van der Waals surface area (Å²) >= 11 is 0. The van der Waals surface area contributed by atoms with E-state index in [0.717, 1.165) is 18.4 Å². The highest BCUT2D eigenvalue weighted by atomic mass is 16.6. The molecule has 23 heavy (non-hydrogen) atoms. The van der Waals surface area contributed by atoms with Gasteiger partial charge in [0, 0.05) is 19.4 Å². The van der Waals surface area contributed by atoms with Crippen LogP contribution in [0.3, 0.4) is 0 Å².